The smallest absolute Gasteiger partial charge is 0.102 e. The first kappa shape index (κ1) is 12.7. The van der Waals surface area contributed by atoms with Crippen molar-refractivity contribution < 1.29 is 0 Å². The molecule has 0 N–H and O–H groups in total. The molecule has 0 aliphatic heterocycles. The van der Waals surface area contributed by atoms with E-state index in [0.29, 0.717) is 22.4 Å². The van der Waals surface area contributed by atoms with E-state index in [1.165, 1.54) is 0 Å². The summed E-state index contributed by atoms with van der Waals surface area (Å²) in [5.41, 5.74) is 0.561. The van der Waals surface area contributed by atoms with Crippen LogP contribution in [-0.2, 0) is 0 Å². The fraction of sp³-hybridized carbons (Fsp3) is 0.364. The molecule has 1 aromatic carbocycles. The van der Waals surface area contributed by atoms with Gasteiger partial charge in [-0.3, -0.25) is 0 Å². The summed E-state index contributed by atoms with van der Waals surface area (Å²) in [6.45, 7) is 2.08. The van der Waals surface area contributed by atoms with Crippen LogP contribution in [0.25, 0.3) is 0 Å². The average Bonchev–Trinajstić information content (AvgIpc) is 2.25. The number of thioether (sulfide) groups is 1. The minimum Gasteiger partial charge on any atom is -0.192 e. The van der Waals surface area contributed by atoms with Crippen LogP contribution in [0.5, 0.6) is 0 Å². The molecule has 1 unspecified atom stereocenters. The van der Waals surface area contributed by atoms with Crippen LogP contribution in [0.1, 0.15) is 12.5 Å². The first-order valence-electron chi connectivity index (χ1n) is 4.56. The summed E-state index contributed by atoms with van der Waals surface area (Å²) in [5, 5.41) is 9.46. The maximum atomic E-state index is 8.95. The van der Waals surface area contributed by atoms with Crippen LogP contribution < -0.4 is 0 Å². The molecule has 4 heteroatoms. The van der Waals surface area contributed by atoms with E-state index in [2.05, 4.69) is 13.0 Å². The van der Waals surface area contributed by atoms with Gasteiger partial charge in [0, 0.05) is 16.5 Å². The topological polar surface area (TPSA) is 23.8 Å². The van der Waals surface area contributed by atoms with Gasteiger partial charge in [-0.25, -0.2) is 0 Å². The third-order valence-electron chi connectivity index (χ3n) is 1.87. The van der Waals surface area contributed by atoms with Gasteiger partial charge in [-0.1, -0.05) is 24.6 Å². The fourth-order valence-corrected chi connectivity index (χ4v) is 2.58. The van der Waals surface area contributed by atoms with Crippen molar-refractivity contribution >= 4 is 35.0 Å². The van der Waals surface area contributed by atoms with Crippen LogP contribution in [0.15, 0.2) is 23.1 Å². The Morgan fingerprint density at radius 1 is 1.53 bits per heavy atom. The summed E-state index contributed by atoms with van der Waals surface area (Å²) in [5.74, 6) is 1.97. The largest absolute Gasteiger partial charge is 0.192 e. The summed E-state index contributed by atoms with van der Waals surface area (Å²) in [4.78, 5) is 0.932. The zero-order chi connectivity index (χ0) is 11.3. The molecular formula is C11H11Cl2NS. The lowest BCUT2D eigenvalue weighted by atomic mass is 10.2. The first-order valence-corrected chi connectivity index (χ1v) is 6.46. The third kappa shape index (κ3) is 3.61. The molecule has 0 aliphatic rings. The Bertz CT molecular complexity index is 373. The van der Waals surface area contributed by atoms with Crippen LogP contribution in [-0.4, -0.2) is 11.6 Å². The van der Waals surface area contributed by atoms with Crippen LogP contribution in [0.4, 0.5) is 0 Å². The zero-order valence-corrected chi connectivity index (χ0v) is 10.7. The molecule has 0 saturated carbocycles. The second-order valence-electron chi connectivity index (χ2n) is 3.30. The molecular weight excluding hydrogens is 249 g/mol. The molecule has 0 heterocycles. The number of rotatable bonds is 4. The molecule has 1 nitrogen and oxygen atoms in total. The van der Waals surface area contributed by atoms with Gasteiger partial charge in [0.25, 0.3) is 0 Å². The quantitative estimate of drug-likeness (QED) is 0.599. The summed E-state index contributed by atoms with van der Waals surface area (Å²) >= 11 is 13.3. The zero-order valence-electron chi connectivity index (χ0n) is 8.34. The molecule has 0 amide bonds. The summed E-state index contributed by atoms with van der Waals surface area (Å²) < 4.78 is 0. The SMILES string of the molecule is CC(CCl)CSc1cccc(Cl)c1C#N. The van der Waals surface area contributed by atoms with Gasteiger partial charge < -0.3 is 0 Å². The van der Waals surface area contributed by atoms with Crippen molar-refractivity contribution in [1.29, 1.82) is 5.26 Å². The molecule has 0 spiro atoms. The number of hydrogen-bond donors (Lipinski definition) is 0. The molecule has 0 fully saturated rings. The second kappa shape index (κ2) is 6.27. The van der Waals surface area contributed by atoms with E-state index in [1.54, 1.807) is 17.8 Å². The lowest BCUT2D eigenvalue weighted by Gasteiger charge is -2.08. The predicted molar refractivity (Wildman–Crippen MR) is 66.8 cm³/mol. The number of alkyl halides is 1. The minimum atomic E-state index is 0.433. The molecule has 0 aromatic heterocycles. The highest BCUT2D eigenvalue weighted by Gasteiger charge is 2.08. The Morgan fingerprint density at radius 3 is 2.87 bits per heavy atom. The lowest BCUT2D eigenvalue weighted by molar-refractivity contribution is 0.759. The summed E-state index contributed by atoms with van der Waals surface area (Å²) in [7, 11) is 0. The Balaban J connectivity index is 2.77. The predicted octanol–water partition coefficient (Wildman–Crippen LogP) is 4.18. The maximum Gasteiger partial charge on any atom is 0.102 e. The molecule has 0 saturated heterocycles. The van der Waals surface area contributed by atoms with E-state index < -0.39 is 0 Å². The number of benzene rings is 1. The van der Waals surface area contributed by atoms with Gasteiger partial charge in [-0.15, -0.1) is 23.4 Å². The van der Waals surface area contributed by atoms with Crippen molar-refractivity contribution in [3.05, 3.63) is 28.8 Å². The molecule has 0 radical (unpaired) electrons. The van der Waals surface area contributed by atoms with Gasteiger partial charge in [-0.05, 0) is 18.1 Å². The fourth-order valence-electron chi connectivity index (χ4n) is 1.01. The maximum absolute atomic E-state index is 8.95. The molecule has 1 atom stereocenters. The van der Waals surface area contributed by atoms with Crippen molar-refractivity contribution in [3.63, 3.8) is 0 Å². The summed E-state index contributed by atoms with van der Waals surface area (Å²) in [6.07, 6.45) is 0. The number of nitrogens with zero attached hydrogens (tertiary/aromatic N) is 1. The van der Waals surface area contributed by atoms with Crippen molar-refractivity contribution in [3.8, 4) is 6.07 Å². The van der Waals surface area contributed by atoms with Crippen LogP contribution >= 0.6 is 35.0 Å². The van der Waals surface area contributed by atoms with Gasteiger partial charge >= 0.3 is 0 Å². The highest BCUT2D eigenvalue weighted by Crippen LogP contribution is 2.29. The molecule has 80 valence electrons. The highest BCUT2D eigenvalue weighted by molar-refractivity contribution is 7.99. The van der Waals surface area contributed by atoms with Gasteiger partial charge in [-0.2, -0.15) is 5.26 Å². The van der Waals surface area contributed by atoms with Crippen LogP contribution in [0.2, 0.25) is 5.02 Å². The van der Waals surface area contributed by atoms with E-state index in [1.807, 2.05) is 12.1 Å². The van der Waals surface area contributed by atoms with E-state index >= 15 is 0 Å². The number of halogens is 2. The van der Waals surface area contributed by atoms with E-state index in [9.17, 15) is 0 Å². The Morgan fingerprint density at radius 2 is 2.27 bits per heavy atom. The molecule has 15 heavy (non-hydrogen) atoms. The normalized spacial score (nSPS) is 12.1. The number of nitriles is 1. The lowest BCUT2D eigenvalue weighted by Crippen LogP contribution is -1.99. The molecule has 1 aromatic rings. The molecule has 1 rings (SSSR count). The van der Waals surface area contributed by atoms with E-state index in [0.717, 1.165) is 10.6 Å². The standard InChI is InChI=1S/C11H11Cl2NS/c1-8(5-12)7-15-11-4-2-3-10(13)9(11)6-14/h2-4,8H,5,7H2,1H3. The first-order chi connectivity index (χ1) is 7.19. The van der Waals surface area contributed by atoms with Crippen LogP contribution in [0.3, 0.4) is 0 Å². The third-order valence-corrected chi connectivity index (χ3v) is 4.10. The highest BCUT2D eigenvalue weighted by atomic mass is 35.5. The Kier molecular flexibility index (Phi) is 5.31. The van der Waals surface area contributed by atoms with E-state index in [4.69, 9.17) is 28.5 Å². The summed E-state index contributed by atoms with van der Waals surface area (Å²) in [6, 6.07) is 7.62. The second-order valence-corrected chi connectivity index (χ2v) is 5.07. The van der Waals surface area contributed by atoms with Gasteiger partial charge in [0.15, 0.2) is 0 Å². The number of hydrogen-bond acceptors (Lipinski definition) is 2. The Hall–Kier alpha value is -0.360. The van der Waals surface area contributed by atoms with Crippen LogP contribution in [0, 0.1) is 17.2 Å². The van der Waals surface area contributed by atoms with Gasteiger partial charge in [0.2, 0.25) is 0 Å². The van der Waals surface area contributed by atoms with Gasteiger partial charge in [0.1, 0.15) is 6.07 Å². The molecule has 0 aliphatic carbocycles. The van der Waals surface area contributed by atoms with Crippen molar-refractivity contribution in [2.45, 2.75) is 11.8 Å². The average molecular weight is 260 g/mol. The van der Waals surface area contributed by atoms with Gasteiger partial charge in [0.05, 0.1) is 10.6 Å². The van der Waals surface area contributed by atoms with Crippen molar-refractivity contribution in [2.75, 3.05) is 11.6 Å². The monoisotopic (exact) mass is 259 g/mol. The minimum absolute atomic E-state index is 0.433. The van der Waals surface area contributed by atoms with Crippen molar-refractivity contribution in [2.24, 2.45) is 5.92 Å². The van der Waals surface area contributed by atoms with E-state index in [-0.39, 0.29) is 0 Å². The molecule has 0 bridgehead atoms. The Labute approximate surface area is 104 Å². The van der Waals surface area contributed by atoms with Crippen molar-refractivity contribution in [1.82, 2.24) is 0 Å².